The highest BCUT2D eigenvalue weighted by Crippen LogP contribution is 2.33. The number of nitrogens with one attached hydrogen (secondary N) is 2. The number of carbonyl (C=O) groups excluding carboxylic acids is 1. The molecule has 0 saturated heterocycles. The summed E-state index contributed by atoms with van der Waals surface area (Å²) in [4.78, 5) is 18.2. The van der Waals surface area contributed by atoms with Gasteiger partial charge in [0, 0.05) is 21.4 Å². The van der Waals surface area contributed by atoms with Gasteiger partial charge in [-0.3, -0.25) is 5.32 Å². The highest BCUT2D eigenvalue weighted by molar-refractivity contribution is 7.99. The molecular weight excluding hydrogens is 314 g/mol. The number of thiazole rings is 1. The Kier molecular flexibility index (Phi) is 4.72. The third-order valence-corrected chi connectivity index (χ3v) is 4.53. The number of benzene rings is 2. The summed E-state index contributed by atoms with van der Waals surface area (Å²) in [6.07, 6.45) is 1.65. The van der Waals surface area contributed by atoms with E-state index in [0.29, 0.717) is 5.13 Å². The lowest BCUT2D eigenvalue weighted by Gasteiger charge is -2.10. The predicted octanol–water partition coefficient (Wildman–Crippen LogP) is 4.94. The number of anilines is 2. The topological polar surface area (TPSA) is 54.0 Å². The number of amides is 2. The Morgan fingerprint density at radius 2 is 1.77 bits per heavy atom. The van der Waals surface area contributed by atoms with Crippen LogP contribution in [0.5, 0.6) is 0 Å². The zero-order valence-corrected chi connectivity index (χ0v) is 13.2. The van der Waals surface area contributed by atoms with Crippen LogP contribution in [0.15, 0.2) is 76.0 Å². The fourth-order valence-corrected chi connectivity index (χ4v) is 3.26. The molecule has 2 amide bonds. The summed E-state index contributed by atoms with van der Waals surface area (Å²) in [5.74, 6) is 0. The molecule has 4 nitrogen and oxygen atoms in total. The quantitative estimate of drug-likeness (QED) is 0.714. The van der Waals surface area contributed by atoms with E-state index < -0.39 is 0 Å². The SMILES string of the molecule is O=C(Nc1nccs1)Nc1ccccc1Sc1ccccc1. The maximum atomic E-state index is 12.0. The Morgan fingerprint density at radius 3 is 2.55 bits per heavy atom. The van der Waals surface area contributed by atoms with E-state index in [9.17, 15) is 4.79 Å². The van der Waals surface area contributed by atoms with Crippen molar-refractivity contribution in [2.75, 3.05) is 10.6 Å². The van der Waals surface area contributed by atoms with Crippen LogP contribution in [0.3, 0.4) is 0 Å². The van der Waals surface area contributed by atoms with Crippen LogP contribution in [0.1, 0.15) is 0 Å². The van der Waals surface area contributed by atoms with Gasteiger partial charge in [-0.05, 0) is 24.3 Å². The van der Waals surface area contributed by atoms with E-state index in [-0.39, 0.29) is 6.03 Å². The second-order valence-electron chi connectivity index (χ2n) is 4.33. The molecule has 0 bridgehead atoms. The molecule has 0 saturated carbocycles. The highest BCUT2D eigenvalue weighted by Gasteiger charge is 2.08. The van der Waals surface area contributed by atoms with Gasteiger partial charge in [-0.15, -0.1) is 11.3 Å². The van der Waals surface area contributed by atoms with Gasteiger partial charge in [0.25, 0.3) is 0 Å². The molecule has 110 valence electrons. The number of nitrogens with zero attached hydrogens (tertiary/aromatic N) is 1. The van der Waals surface area contributed by atoms with Crippen LogP contribution < -0.4 is 10.6 Å². The lowest BCUT2D eigenvalue weighted by Crippen LogP contribution is -2.19. The van der Waals surface area contributed by atoms with Gasteiger partial charge in [-0.2, -0.15) is 0 Å². The first-order valence-electron chi connectivity index (χ1n) is 6.61. The first kappa shape index (κ1) is 14.6. The molecular formula is C16H13N3OS2. The summed E-state index contributed by atoms with van der Waals surface area (Å²) in [5, 5.41) is 7.96. The standard InChI is InChI=1S/C16H13N3OS2/c20-15(19-16-17-10-11-21-16)18-13-8-4-5-9-14(13)22-12-6-2-1-3-7-12/h1-11H,(H2,17,18,19,20). The van der Waals surface area contributed by atoms with Crippen LogP contribution in [0.25, 0.3) is 0 Å². The Balaban J connectivity index is 1.72. The van der Waals surface area contributed by atoms with Crippen molar-refractivity contribution in [3.8, 4) is 0 Å². The first-order valence-corrected chi connectivity index (χ1v) is 8.30. The first-order chi connectivity index (χ1) is 10.8. The van der Waals surface area contributed by atoms with Gasteiger partial charge in [0.2, 0.25) is 0 Å². The molecule has 22 heavy (non-hydrogen) atoms. The van der Waals surface area contributed by atoms with Crippen LogP contribution in [0.2, 0.25) is 0 Å². The fourth-order valence-electron chi connectivity index (χ4n) is 1.81. The zero-order valence-electron chi connectivity index (χ0n) is 11.5. The molecule has 0 unspecified atom stereocenters. The van der Waals surface area contributed by atoms with E-state index in [2.05, 4.69) is 15.6 Å². The number of rotatable bonds is 4. The average Bonchev–Trinajstić information content (AvgIpc) is 3.03. The molecule has 0 aliphatic carbocycles. The van der Waals surface area contributed by atoms with Crippen molar-refractivity contribution in [1.82, 2.24) is 4.98 Å². The molecule has 0 aliphatic heterocycles. The van der Waals surface area contributed by atoms with Gasteiger partial charge >= 0.3 is 6.03 Å². The predicted molar refractivity (Wildman–Crippen MR) is 91.8 cm³/mol. The molecule has 3 aromatic rings. The van der Waals surface area contributed by atoms with E-state index in [1.165, 1.54) is 11.3 Å². The number of aromatic nitrogens is 1. The Hall–Kier alpha value is -2.31. The van der Waals surface area contributed by atoms with E-state index in [4.69, 9.17) is 0 Å². The third kappa shape index (κ3) is 3.87. The molecule has 0 fully saturated rings. The molecule has 3 rings (SSSR count). The van der Waals surface area contributed by atoms with Crippen molar-refractivity contribution in [2.24, 2.45) is 0 Å². The van der Waals surface area contributed by atoms with Gasteiger partial charge in [0.15, 0.2) is 5.13 Å². The van der Waals surface area contributed by atoms with Crippen LogP contribution in [-0.4, -0.2) is 11.0 Å². The molecule has 2 aromatic carbocycles. The molecule has 0 spiro atoms. The number of para-hydroxylation sites is 1. The van der Waals surface area contributed by atoms with Crippen LogP contribution in [-0.2, 0) is 0 Å². The van der Waals surface area contributed by atoms with Crippen molar-refractivity contribution in [1.29, 1.82) is 0 Å². The van der Waals surface area contributed by atoms with Crippen molar-refractivity contribution in [3.05, 3.63) is 66.2 Å². The van der Waals surface area contributed by atoms with Gasteiger partial charge < -0.3 is 5.32 Å². The number of hydrogen-bond acceptors (Lipinski definition) is 4. The molecule has 0 atom stereocenters. The third-order valence-electron chi connectivity index (χ3n) is 2.76. The largest absolute Gasteiger partial charge is 0.325 e. The van der Waals surface area contributed by atoms with Crippen LogP contribution in [0.4, 0.5) is 15.6 Å². The molecule has 2 N–H and O–H groups in total. The molecule has 0 aliphatic rings. The Bertz CT molecular complexity index is 745. The summed E-state index contributed by atoms with van der Waals surface area (Å²) < 4.78 is 0. The summed E-state index contributed by atoms with van der Waals surface area (Å²) in [7, 11) is 0. The maximum Gasteiger partial charge on any atom is 0.325 e. The minimum atomic E-state index is -0.295. The summed E-state index contributed by atoms with van der Waals surface area (Å²) >= 11 is 2.99. The van der Waals surface area contributed by atoms with Crippen molar-refractivity contribution >= 4 is 39.9 Å². The highest BCUT2D eigenvalue weighted by atomic mass is 32.2. The minimum Gasteiger partial charge on any atom is -0.307 e. The van der Waals surface area contributed by atoms with E-state index >= 15 is 0 Å². The summed E-state index contributed by atoms with van der Waals surface area (Å²) in [6, 6.07) is 17.5. The molecule has 1 aromatic heterocycles. The summed E-state index contributed by atoms with van der Waals surface area (Å²) in [6.45, 7) is 0. The Labute approximate surface area is 136 Å². The van der Waals surface area contributed by atoms with Crippen LogP contribution >= 0.6 is 23.1 Å². The van der Waals surface area contributed by atoms with Crippen molar-refractivity contribution in [2.45, 2.75) is 9.79 Å². The average molecular weight is 327 g/mol. The second kappa shape index (κ2) is 7.11. The van der Waals surface area contributed by atoms with Crippen LogP contribution in [0, 0.1) is 0 Å². The smallest absolute Gasteiger partial charge is 0.307 e. The maximum absolute atomic E-state index is 12.0. The number of urea groups is 1. The molecule has 0 radical (unpaired) electrons. The van der Waals surface area contributed by atoms with Gasteiger partial charge in [-0.1, -0.05) is 42.1 Å². The normalized spacial score (nSPS) is 10.2. The monoisotopic (exact) mass is 327 g/mol. The number of carbonyl (C=O) groups is 1. The molecule has 1 heterocycles. The van der Waals surface area contributed by atoms with Crippen molar-refractivity contribution in [3.63, 3.8) is 0 Å². The van der Waals surface area contributed by atoms with Gasteiger partial charge in [-0.25, -0.2) is 9.78 Å². The lowest BCUT2D eigenvalue weighted by atomic mass is 10.3. The minimum absolute atomic E-state index is 0.295. The second-order valence-corrected chi connectivity index (χ2v) is 6.34. The lowest BCUT2D eigenvalue weighted by molar-refractivity contribution is 0.262. The summed E-state index contributed by atoms with van der Waals surface area (Å²) in [5.41, 5.74) is 0.769. The van der Waals surface area contributed by atoms with E-state index in [0.717, 1.165) is 15.5 Å². The van der Waals surface area contributed by atoms with Gasteiger partial charge in [0.05, 0.1) is 5.69 Å². The van der Waals surface area contributed by atoms with E-state index in [1.807, 2.05) is 60.0 Å². The van der Waals surface area contributed by atoms with Gasteiger partial charge in [0.1, 0.15) is 0 Å². The fraction of sp³-hybridized carbons (Fsp3) is 0. The number of hydrogen-bond donors (Lipinski definition) is 2. The van der Waals surface area contributed by atoms with E-state index in [1.54, 1.807) is 18.0 Å². The molecule has 6 heteroatoms. The van der Waals surface area contributed by atoms with Crippen molar-refractivity contribution < 1.29 is 4.79 Å². The zero-order chi connectivity index (χ0) is 15.2. The Morgan fingerprint density at radius 1 is 1.00 bits per heavy atom.